The van der Waals surface area contributed by atoms with E-state index < -0.39 is 0 Å². The second kappa shape index (κ2) is 2.86. The van der Waals surface area contributed by atoms with Crippen molar-refractivity contribution in [3.63, 3.8) is 0 Å². The molecule has 0 aromatic rings. The minimum atomic E-state index is 0.690. The van der Waals surface area contributed by atoms with Crippen LogP contribution >= 0.6 is 0 Å². The number of hydrogen-bond acceptors (Lipinski definition) is 0. The lowest BCUT2D eigenvalue weighted by Crippen LogP contribution is -1.93. The van der Waals surface area contributed by atoms with E-state index >= 15 is 0 Å². The molecule has 0 unspecified atom stereocenters. The molecule has 0 aliphatic heterocycles. The highest BCUT2D eigenvalue weighted by Gasteiger charge is 2.05. The Morgan fingerprint density at radius 2 is 1.78 bits per heavy atom. The highest BCUT2D eigenvalue weighted by Crippen LogP contribution is 2.18. The van der Waals surface area contributed by atoms with Crippen molar-refractivity contribution in [1.82, 2.24) is 0 Å². The molecule has 0 aromatic heterocycles. The van der Waals surface area contributed by atoms with Gasteiger partial charge in [-0.3, -0.25) is 0 Å². The van der Waals surface area contributed by atoms with Gasteiger partial charge in [-0.05, 0) is 18.3 Å². The van der Waals surface area contributed by atoms with E-state index in [0.29, 0.717) is 5.92 Å². The van der Waals surface area contributed by atoms with Gasteiger partial charge in [-0.25, -0.2) is 0 Å². The second-order valence-electron chi connectivity index (χ2n) is 2.84. The molecule has 0 atom stereocenters. The van der Waals surface area contributed by atoms with E-state index in [4.69, 9.17) is 0 Å². The Morgan fingerprint density at radius 3 is 2.22 bits per heavy atom. The summed E-state index contributed by atoms with van der Waals surface area (Å²) in [6.45, 7) is 4.36. The van der Waals surface area contributed by atoms with Crippen LogP contribution in [0, 0.1) is 11.8 Å². The third kappa shape index (κ3) is 2.05. The molecule has 0 saturated heterocycles. The summed E-state index contributed by atoms with van der Waals surface area (Å²) in [5.74, 6) is 2.20. The lowest BCUT2D eigenvalue weighted by molar-refractivity contribution is 0.730. The monoisotopic (exact) mass is 121 g/mol. The smallest absolute Gasteiger partial charge is 0.00420 e. The fourth-order valence-electron chi connectivity index (χ4n) is 1.09. The predicted octanol–water partition coefficient (Wildman–Crippen LogP) is 2.73. The van der Waals surface area contributed by atoms with Gasteiger partial charge in [0.1, 0.15) is 0 Å². The first-order chi connectivity index (χ1) is 4.29. The van der Waals surface area contributed by atoms with Crippen LogP contribution in [0.25, 0.3) is 0 Å². The zero-order chi connectivity index (χ0) is 6.69. The molecule has 1 rings (SSSR count). The molecule has 0 saturated carbocycles. The van der Waals surface area contributed by atoms with Crippen LogP contribution in [-0.2, 0) is 0 Å². The fraction of sp³-hybridized carbons (Fsp3) is 0.444. The Bertz CT molecular complexity index is 117. The van der Waals surface area contributed by atoms with Crippen LogP contribution < -0.4 is 0 Å². The molecule has 0 fully saturated rings. The van der Waals surface area contributed by atoms with Crippen molar-refractivity contribution in [1.29, 1.82) is 0 Å². The molecule has 0 N–H and O–H groups in total. The van der Waals surface area contributed by atoms with Gasteiger partial charge in [0.25, 0.3) is 0 Å². The number of allylic oxidation sites excluding steroid dienone is 4. The normalized spacial score (nSPS) is 18.1. The van der Waals surface area contributed by atoms with Crippen LogP contribution in [0.3, 0.4) is 0 Å². The lowest BCUT2D eigenvalue weighted by Gasteiger charge is -2.06. The van der Waals surface area contributed by atoms with Crippen molar-refractivity contribution in [3.05, 3.63) is 30.2 Å². The molecule has 0 nitrogen and oxygen atoms in total. The molecule has 0 bridgehead atoms. The second-order valence-corrected chi connectivity index (χ2v) is 2.84. The largest absolute Gasteiger partial charge is 0.0776 e. The molecule has 0 aromatic carbocycles. The van der Waals surface area contributed by atoms with Crippen LogP contribution in [-0.4, -0.2) is 0 Å². The molecule has 0 amide bonds. The predicted molar refractivity (Wildman–Crippen MR) is 41.0 cm³/mol. The number of rotatable bonds is 2. The van der Waals surface area contributed by atoms with Gasteiger partial charge >= 0.3 is 0 Å². The van der Waals surface area contributed by atoms with Crippen LogP contribution in [0.2, 0.25) is 0 Å². The van der Waals surface area contributed by atoms with E-state index in [1.54, 1.807) is 0 Å². The van der Waals surface area contributed by atoms with Gasteiger partial charge in [-0.15, -0.1) is 0 Å². The summed E-state index contributed by atoms with van der Waals surface area (Å²) in [5, 5.41) is 0. The molecular formula is C9H13. The van der Waals surface area contributed by atoms with Gasteiger partial charge in [-0.1, -0.05) is 38.2 Å². The minimum absolute atomic E-state index is 0.690. The van der Waals surface area contributed by atoms with Crippen molar-refractivity contribution >= 4 is 0 Å². The third-order valence-corrected chi connectivity index (χ3v) is 1.47. The molecule has 0 spiro atoms. The van der Waals surface area contributed by atoms with E-state index in [9.17, 15) is 0 Å². The van der Waals surface area contributed by atoms with Crippen molar-refractivity contribution in [3.8, 4) is 0 Å². The summed E-state index contributed by atoms with van der Waals surface area (Å²) in [5.41, 5.74) is 0. The summed E-state index contributed by atoms with van der Waals surface area (Å²) >= 11 is 0. The van der Waals surface area contributed by atoms with Crippen LogP contribution in [0.4, 0.5) is 0 Å². The zero-order valence-corrected chi connectivity index (χ0v) is 6.09. The highest BCUT2D eigenvalue weighted by molar-refractivity contribution is 5.18. The standard InChI is InChI=1S/C9H13/c1-8(2)7-9-5-3-4-6-9/h3-6,9H,7H2,1-2H3. The third-order valence-electron chi connectivity index (χ3n) is 1.47. The summed E-state index contributed by atoms with van der Waals surface area (Å²) in [6.07, 6.45) is 9.94. The highest BCUT2D eigenvalue weighted by atomic mass is 14.1. The molecule has 49 valence electrons. The van der Waals surface area contributed by atoms with Gasteiger partial charge in [0.2, 0.25) is 0 Å². The first kappa shape index (κ1) is 6.60. The Kier molecular flexibility index (Phi) is 2.10. The van der Waals surface area contributed by atoms with E-state index in [1.165, 1.54) is 12.3 Å². The maximum absolute atomic E-state index is 2.24. The molecular weight excluding hydrogens is 108 g/mol. The topological polar surface area (TPSA) is 0 Å². The number of hydrogen-bond donors (Lipinski definition) is 0. The van der Waals surface area contributed by atoms with Crippen molar-refractivity contribution in [2.75, 3.05) is 0 Å². The average Bonchev–Trinajstić information content (AvgIpc) is 2.15. The summed E-state index contributed by atoms with van der Waals surface area (Å²) < 4.78 is 0. The average molecular weight is 121 g/mol. The van der Waals surface area contributed by atoms with Crippen molar-refractivity contribution in [2.45, 2.75) is 20.3 Å². The zero-order valence-electron chi connectivity index (χ0n) is 6.09. The maximum atomic E-state index is 2.24. The van der Waals surface area contributed by atoms with Crippen LogP contribution in [0.1, 0.15) is 20.3 Å². The van der Waals surface area contributed by atoms with Crippen molar-refractivity contribution < 1.29 is 0 Å². The van der Waals surface area contributed by atoms with E-state index in [1.807, 2.05) is 0 Å². The summed E-state index contributed by atoms with van der Waals surface area (Å²) in [7, 11) is 0. The molecule has 0 heterocycles. The maximum Gasteiger partial charge on any atom is -0.00420 e. The van der Waals surface area contributed by atoms with Crippen LogP contribution in [0.15, 0.2) is 24.3 Å². The van der Waals surface area contributed by atoms with E-state index in [-0.39, 0.29) is 0 Å². The molecule has 9 heavy (non-hydrogen) atoms. The first-order valence-corrected chi connectivity index (χ1v) is 3.43. The van der Waals surface area contributed by atoms with E-state index in [2.05, 4.69) is 38.2 Å². The quantitative estimate of drug-likeness (QED) is 0.527. The van der Waals surface area contributed by atoms with E-state index in [0.717, 1.165) is 0 Å². The Balaban J connectivity index is 2.29. The Labute approximate surface area is 57.3 Å². The molecule has 1 aliphatic carbocycles. The van der Waals surface area contributed by atoms with Gasteiger partial charge in [-0.2, -0.15) is 0 Å². The Hall–Kier alpha value is -0.520. The molecule has 1 aliphatic rings. The summed E-state index contributed by atoms with van der Waals surface area (Å²) in [6, 6.07) is 0. The van der Waals surface area contributed by atoms with Gasteiger partial charge in [0, 0.05) is 0 Å². The fourth-order valence-corrected chi connectivity index (χ4v) is 1.09. The first-order valence-electron chi connectivity index (χ1n) is 3.43. The van der Waals surface area contributed by atoms with Gasteiger partial charge < -0.3 is 0 Å². The molecule has 0 heteroatoms. The summed E-state index contributed by atoms with van der Waals surface area (Å²) in [4.78, 5) is 0. The van der Waals surface area contributed by atoms with Crippen LogP contribution in [0.5, 0.6) is 0 Å². The van der Waals surface area contributed by atoms with Crippen molar-refractivity contribution in [2.24, 2.45) is 5.92 Å². The van der Waals surface area contributed by atoms with Gasteiger partial charge in [0.15, 0.2) is 0 Å². The Morgan fingerprint density at radius 1 is 1.22 bits per heavy atom. The minimum Gasteiger partial charge on any atom is -0.0776 e. The van der Waals surface area contributed by atoms with Gasteiger partial charge in [0.05, 0.1) is 0 Å². The SMILES string of the molecule is C[C](C)CC1C=CC=C1. The molecule has 1 radical (unpaired) electrons. The lowest BCUT2D eigenvalue weighted by atomic mass is 9.99.